The maximum absolute atomic E-state index is 12.4. The van der Waals surface area contributed by atoms with Gasteiger partial charge >= 0.3 is 5.97 Å². The lowest BCUT2D eigenvalue weighted by molar-refractivity contribution is -0.131. The summed E-state index contributed by atoms with van der Waals surface area (Å²) in [7, 11) is 0. The first-order chi connectivity index (χ1) is 16.6. The van der Waals surface area contributed by atoms with Crippen LogP contribution in [0.5, 0.6) is 5.75 Å². The highest BCUT2D eigenvalue weighted by atomic mass is 32.2. The zero-order chi connectivity index (χ0) is 25.6. The van der Waals surface area contributed by atoms with E-state index in [0.717, 1.165) is 17.0 Å². The van der Waals surface area contributed by atoms with E-state index < -0.39 is 0 Å². The first-order valence-electron chi connectivity index (χ1n) is 11.4. The van der Waals surface area contributed by atoms with E-state index in [-0.39, 0.29) is 23.0 Å². The third-order valence-electron chi connectivity index (χ3n) is 5.26. The van der Waals surface area contributed by atoms with Crippen molar-refractivity contribution < 1.29 is 14.3 Å². The molecule has 35 heavy (non-hydrogen) atoms. The van der Waals surface area contributed by atoms with Crippen molar-refractivity contribution in [1.29, 1.82) is 0 Å². The van der Waals surface area contributed by atoms with Crippen LogP contribution in [0.1, 0.15) is 52.7 Å². The molecule has 0 aliphatic carbocycles. The molecule has 1 aromatic heterocycles. The van der Waals surface area contributed by atoms with Crippen LogP contribution in [-0.2, 0) is 21.5 Å². The summed E-state index contributed by atoms with van der Waals surface area (Å²) in [6.07, 6.45) is 0. The highest BCUT2D eigenvalue weighted by molar-refractivity contribution is 7.99. The number of esters is 1. The topological polar surface area (TPSA) is 98.5 Å². The van der Waals surface area contributed by atoms with E-state index in [9.17, 15) is 9.59 Å². The van der Waals surface area contributed by atoms with E-state index in [4.69, 9.17) is 4.74 Å². The van der Waals surface area contributed by atoms with Gasteiger partial charge in [0.15, 0.2) is 11.0 Å². The highest BCUT2D eigenvalue weighted by Gasteiger charge is 2.17. The summed E-state index contributed by atoms with van der Waals surface area (Å²) in [5, 5.41) is 13.5. The largest absolute Gasteiger partial charge is 0.427 e. The first-order valence-corrected chi connectivity index (χ1v) is 12.4. The van der Waals surface area contributed by atoms with Gasteiger partial charge in [0.2, 0.25) is 0 Å². The molecule has 0 unspecified atom stereocenters. The maximum atomic E-state index is 12.4. The van der Waals surface area contributed by atoms with Gasteiger partial charge in [-0.1, -0.05) is 56.8 Å². The quantitative estimate of drug-likeness (QED) is 0.159. The van der Waals surface area contributed by atoms with Crippen molar-refractivity contribution in [2.24, 2.45) is 5.10 Å². The summed E-state index contributed by atoms with van der Waals surface area (Å²) in [5.41, 5.74) is 6.35. The molecule has 0 saturated carbocycles. The highest BCUT2D eigenvalue weighted by Crippen LogP contribution is 2.27. The van der Waals surface area contributed by atoms with Crippen molar-refractivity contribution in [2.45, 2.75) is 58.7 Å². The molecule has 184 valence electrons. The minimum absolute atomic E-state index is 0.0829. The fourth-order valence-corrected chi connectivity index (χ4v) is 4.11. The van der Waals surface area contributed by atoms with Gasteiger partial charge in [-0.2, -0.15) is 5.10 Å². The van der Waals surface area contributed by atoms with E-state index >= 15 is 0 Å². The predicted molar refractivity (Wildman–Crippen MR) is 139 cm³/mol. The summed E-state index contributed by atoms with van der Waals surface area (Å²) in [6, 6.07) is 15.3. The van der Waals surface area contributed by atoms with Gasteiger partial charge in [0, 0.05) is 19.0 Å². The lowest BCUT2D eigenvalue weighted by atomic mass is 9.87. The lowest BCUT2D eigenvalue weighted by Crippen LogP contribution is -2.21. The van der Waals surface area contributed by atoms with Crippen LogP contribution in [0.4, 0.5) is 0 Å². The van der Waals surface area contributed by atoms with Crippen molar-refractivity contribution in [3.05, 3.63) is 59.7 Å². The van der Waals surface area contributed by atoms with Crippen LogP contribution < -0.4 is 10.2 Å². The van der Waals surface area contributed by atoms with E-state index in [2.05, 4.69) is 65.8 Å². The van der Waals surface area contributed by atoms with E-state index in [1.165, 1.54) is 24.2 Å². The molecule has 3 aromatic rings. The monoisotopic (exact) mass is 493 g/mol. The molecule has 1 N–H and O–H groups in total. The van der Waals surface area contributed by atoms with E-state index in [1.54, 1.807) is 31.2 Å². The molecule has 0 saturated heterocycles. The molecule has 0 fully saturated rings. The molecule has 0 aliphatic rings. The van der Waals surface area contributed by atoms with Gasteiger partial charge in [-0.15, -0.1) is 10.2 Å². The molecule has 0 atom stereocenters. The molecular formula is C26H31N5O3S. The molecule has 0 spiro atoms. The van der Waals surface area contributed by atoms with Crippen LogP contribution in [0.2, 0.25) is 0 Å². The number of hydrogen-bond acceptors (Lipinski definition) is 7. The Morgan fingerprint density at radius 2 is 1.69 bits per heavy atom. The Balaban J connectivity index is 1.61. The van der Waals surface area contributed by atoms with Gasteiger partial charge in [-0.25, -0.2) is 5.43 Å². The number of hydrogen-bond donors (Lipinski definition) is 1. The predicted octanol–water partition coefficient (Wildman–Crippen LogP) is 4.82. The Morgan fingerprint density at radius 3 is 2.26 bits per heavy atom. The third kappa shape index (κ3) is 7.02. The second kappa shape index (κ2) is 11.3. The van der Waals surface area contributed by atoms with Crippen molar-refractivity contribution in [1.82, 2.24) is 20.2 Å². The molecule has 0 radical (unpaired) electrons. The molecule has 1 heterocycles. The number of amides is 1. The zero-order valence-corrected chi connectivity index (χ0v) is 21.8. The van der Waals surface area contributed by atoms with E-state index in [1.807, 2.05) is 11.5 Å². The maximum Gasteiger partial charge on any atom is 0.308 e. The SMILES string of the molecule is CCn1c(SCC(=O)N/N=C(\C)c2ccc(OC(C)=O)cc2)nnc1-c1ccc(C(C)(C)C)cc1. The number of aromatic nitrogens is 3. The van der Waals surface area contributed by atoms with Crippen molar-refractivity contribution >= 4 is 29.4 Å². The van der Waals surface area contributed by atoms with Crippen LogP contribution in [0.3, 0.4) is 0 Å². The summed E-state index contributed by atoms with van der Waals surface area (Å²) in [6.45, 7) is 12.4. The minimum Gasteiger partial charge on any atom is -0.427 e. The standard InChI is InChI=1S/C26H31N5O3S/c1-7-31-24(20-8-12-21(13-9-20)26(4,5)6)29-30-25(31)35-16-23(33)28-27-17(2)19-10-14-22(15-11-19)34-18(3)32/h8-15H,7,16H2,1-6H3,(H,28,33)/b27-17+. The van der Waals surface area contributed by atoms with Crippen LogP contribution in [0.15, 0.2) is 58.8 Å². The Kier molecular flexibility index (Phi) is 8.45. The van der Waals surface area contributed by atoms with Crippen LogP contribution >= 0.6 is 11.8 Å². The number of thioether (sulfide) groups is 1. The molecule has 1 amide bonds. The van der Waals surface area contributed by atoms with Crippen LogP contribution in [-0.4, -0.2) is 38.1 Å². The van der Waals surface area contributed by atoms with Gasteiger partial charge in [-0.05, 0) is 54.7 Å². The zero-order valence-electron chi connectivity index (χ0n) is 21.0. The lowest BCUT2D eigenvalue weighted by Gasteiger charge is -2.19. The van der Waals surface area contributed by atoms with Gasteiger partial charge in [0.05, 0.1) is 11.5 Å². The molecule has 0 bridgehead atoms. The van der Waals surface area contributed by atoms with Crippen molar-refractivity contribution in [2.75, 3.05) is 5.75 Å². The third-order valence-corrected chi connectivity index (χ3v) is 6.22. The number of nitrogens with zero attached hydrogens (tertiary/aromatic N) is 4. The Hall–Kier alpha value is -3.46. The molecular weight excluding hydrogens is 462 g/mol. The van der Waals surface area contributed by atoms with Gasteiger partial charge in [0.1, 0.15) is 5.75 Å². The summed E-state index contributed by atoms with van der Waals surface area (Å²) < 4.78 is 7.03. The van der Waals surface area contributed by atoms with Crippen molar-refractivity contribution in [3.63, 3.8) is 0 Å². The van der Waals surface area contributed by atoms with Gasteiger partial charge < -0.3 is 9.30 Å². The summed E-state index contributed by atoms with van der Waals surface area (Å²) in [4.78, 5) is 23.4. The molecule has 2 aromatic carbocycles. The number of hydrazone groups is 1. The van der Waals surface area contributed by atoms with E-state index in [0.29, 0.717) is 23.2 Å². The fourth-order valence-electron chi connectivity index (χ4n) is 3.32. The number of carbonyl (C=O) groups excluding carboxylic acids is 2. The molecule has 8 nitrogen and oxygen atoms in total. The van der Waals surface area contributed by atoms with Gasteiger partial charge in [-0.3, -0.25) is 9.59 Å². The van der Waals surface area contributed by atoms with Crippen LogP contribution in [0, 0.1) is 0 Å². The number of nitrogens with one attached hydrogen (secondary N) is 1. The Bertz CT molecular complexity index is 1210. The molecule has 0 aliphatic heterocycles. The number of ether oxygens (including phenoxy) is 1. The normalized spacial score (nSPS) is 11.9. The first kappa shape index (κ1) is 26.2. The minimum atomic E-state index is -0.377. The fraction of sp³-hybridized carbons (Fsp3) is 0.346. The Morgan fingerprint density at radius 1 is 1.03 bits per heavy atom. The average Bonchev–Trinajstić information content (AvgIpc) is 3.23. The Labute approximate surface area is 210 Å². The number of carbonyl (C=O) groups is 2. The van der Waals surface area contributed by atoms with Gasteiger partial charge in [0.25, 0.3) is 5.91 Å². The average molecular weight is 494 g/mol. The molecule has 9 heteroatoms. The van der Waals surface area contributed by atoms with Crippen LogP contribution in [0.25, 0.3) is 11.4 Å². The number of rotatable bonds is 8. The second-order valence-electron chi connectivity index (χ2n) is 9.02. The smallest absolute Gasteiger partial charge is 0.308 e. The molecule has 3 rings (SSSR count). The summed E-state index contributed by atoms with van der Waals surface area (Å²) >= 11 is 1.32. The number of benzene rings is 2. The van der Waals surface area contributed by atoms with Crippen molar-refractivity contribution in [3.8, 4) is 17.1 Å². The second-order valence-corrected chi connectivity index (χ2v) is 9.96. The summed E-state index contributed by atoms with van der Waals surface area (Å²) in [5.74, 6) is 0.773.